The fourth-order valence-corrected chi connectivity index (χ4v) is 8.12. The van der Waals surface area contributed by atoms with Crippen molar-refractivity contribution in [2.75, 3.05) is 6.54 Å². The highest BCUT2D eigenvalue weighted by molar-refractivity contribution is 6.12. The predicted molar refractivity (Wildman–Crippen MR) is 235 cm³/mol. The van der Waals surface area contributed by atoms with Crippen molar-refractivity contribution in [3.05, 3.63) is 193 Å². The van der Waals surface area contributed by atoms with E-state index in [-0.39, 0.29) is 0 Å². The monoisotopic (exact) mass is 720 g/mol. The Balaban J connectivity index is 1.03. The molecule has 1 aliphatic rings. The van der Waals surface area contributed by atoms with Crippen molar-refractivity contribution < 1.29 is 0 Å². The Morgan fingerprint density at radius 2 is 0.964 bits per heavy atom. The van der Waals surface area contributed by atoms with Crippen molar-refractivity contribution in [2.45, 2.75) is 20.3 Å². The van der Waals surface area contributed by atoms with Gasteiger partial charge in [0.15, 0.2) is 0 Å². The van der Waals surface area contributed by atoms with Crippen molar-refractivity contribution >= 4 is 33.6 Å². The molecule has 9 aromatic rings. The lowest BCUT2D eigenvalue weighted by Gasteiger charge is -2.16. The third kappa shape index (κ3) is 6.06. The van der Waals surface area contributed by atoms with Crippen LogP contribution in [0.3, 0.4) is 0 Å². The first-order valence-corrected chi connectivity index (χ1v) is 19.3. The first-order chi connectivity index (χ1) is 27.6. The van der Waals surface area contributed by atoms with E-state index in [9.17, 15) is 0 Å². The van der Waals surface area contributed by atoms with Gasteiger partial charge in [-0.25, -0.2) is 0 Å². The summed E-state index contributed by atoms with van der Waals surface area (Å²) in [4.78, 5) is 8.99. The number of aryl methyl sites for hydroxylation is 2. The molecule has 3 aromatic heterocycles. The van der Waals surface area contributed by atoms with E-state index in [0.717, 1.165) is 46.9 Å². The number of hydrogen-bond acceptors (Lipinski definition) is 2. The largest absolute Gasteiger partial charge is 0.309 e. The minimum atomic E-state index is 0.841. The maximum atomic E-state index is 4.58. The molecule has 0 spiro atoms. The lowest BCUT2D eigenvalue weighted by Crippen LogP contribution is -2.04. The number of hydrogen-bond donors (Lipinski definition) is 0. The summed E-state index contributed by atoms with van der Waals surface area (Å²) >= 11 is 0. The zero-order chi connectivity index (χ0) is 37.6. The Morgan fingerprint density at radius 3 is 1.48 bits per heavy atom. The average molecular weight is 721 g/mol. The lowest BCUT2D eigenvalue weighted by molar-refractivity contribution is 0.995. The van der Waals surface area contributed by atoms with Gasteiger partial charge < -0.3 is 9.13 Å². The summed E-state index contributed by atoms with van der Waals surface area (Å²) in [6.45, 7) is 5.12. The fourth-order valence-electron chi connectivity index (χ4n) is 8.12. The second-order valence-corrected chi connectivity index (χ2v) is 14.8. The van der Waals surface area contributed by atoms with Gasteiger partial charge in [-0.05, 0) is 126 Å². The topological polar surface area (TPSA) is 35.1 Å². The first kappa shape index (κ1) is 33.5. The molecular formula is C52H40N4. The van der Waals surface area contributed by atoms with E-state index in [1.54, 1.807) is 0 Å². The number of allylic oxidation sites excluding steroid dienone is 1. The molecule has 4 nitrogen and oxygen atoms in total. The van der Waals surface area contributed by atoms with Crippen molar-refractivity contribution in [2.24, 2.45) is 4.99 Å². The Hall–Kier alpha value is -7.04. The molecule has 0 bridgehead atoms. The van der Waals surface area contributed by atoms with Crippen LogP contribution in [0.4, 0.5) is 0 Å². The molecule has 0 N–H and O–H groups in total. The highest BCUT2D eigenvalue weighted by Gasteiger charge is 2.17. The van der Waals surface area contributed by atoms with Crippen LogP contribution in [-0.2, 0) is 0 Å². The van der Waals surface area contributed by atoms with Crippen LogP contribution in [0.1, 0.15) is 23.2 Å². The van der Waals surface area contributed by atoms with Crippen LogP contribution in [0, 0.1) is 13.8 Å². The zero-order valence-electron chi connectivity index (χ0n) is 31.5. The van der Waals surface area contributed by atoms with E-state index < -0.39 is 0 Å². The third-order valence-corrected chi connectivity index (χ3v) is 11.1. The van der Waals surface area contributed by atoms with Gasteiger partial charge in [-0.1, -0.05) is 102 Å². The van der Waals surface area contributed by atoms with E-state index in [0.29, 0.717) is 0 Å². The molecule has 0 atom stereocenters. The van der Waals surface area contributed by atoms with Crippen molar-refractivity contribution in [1.82, 2.24) is 14.1 Å². The Labute approximate surface area is 327 Å². The number of pyridine rings is 1. The minimum Gasteiger partial charge on any atom is -0.309 e. The summed E-state index contributed by atoms with van der Waals surface area (Å²) < 4.78 is 4.73. The Bertz CT molecular complexity index is 2820. The zero-order valence-corrected chi connectivity index (χ0v) is 31.5. The minimum absolute atomic E-state index is 0.841. The normalized spacial score (nSPS) is 12.7. The predicted octanol–water partition coefficient (Wildman–Crippen LogP) is 13.1. The molecule has 0 radical (unpaired) electrons. The summed E-state index contributed by atoms with van der Waals surface area (Å²) in [6.07, 6.45) is 8.98. The molecule has 4 heterocycles. The number of aliphatic imine (C=N–C) groups is 1. The van der Waals surface area contributed by atoms with Gasteiger partial charge in [0.1, 0.15) is 0 Å². The van der Waals surface area contributed by atoms with Crippen molar-refractivity contribution in [3.8, 4) is 56.0 Å². The quantitative estimate of drug-likeness (QED) is 0.161. The molecule has 0 saturated heterocycles. The van der Waals surface area contributed by atoms with Crippen LogP contribution in [0.5, 0.6) is 0 Å². The van der Waals surface area contributed by atoms with E-state index >= 15 is 0 Å². The van der Waals surface area contributed by atoms with Gasteiger partial charge in [0.2, 0.25) is 0 Å². The molecule has 268 valence electrons. The Morgan fingerprint density at radius 1 is 0.464 bits per heavy atom. The average Bonchev–Trinajstić information content (AvgIpc) is 3.85. The maximum absolute atomic E-state index is 4.58. The van der Waals surface area contributed by atoms with Gasteiger partial charge in [-0.15, -0.1) is 0 Å². The smallest absolute Gasteiger partial charge is 0.0550 e. The van der Waals surface area contributed by atoms with E-state index in [1.165, 1.54) is 66.3 Å². The molecule has 0 fully saturated rings. The second-order valence-electron chi connectivity index (χ2n) is 14.8. The molecule has 0 unspecified atom stereocenters. The van der Waals surface area contributed by atoms with Crippen LogP contribution in [0.15, 0.2) is 181 Å². The van der Waals surface area contributed by atoms with Crippen molar-refractivity contribution in [3.63, 3.8) is 0 Å². The van der Waals surface area contributed by atoms with Gasteiger partial charge in [-0.3, -0.25) is 9.98 Å². The molecular weight excluding hydrogens is 681 g/mol. The number of nitrogens with zero attached hydrogens (tertiary/aromatic N) is 4. The summed E-state index contributed by atoms with van der Waals surface area (Å²) in [5, 5.41) is 2.49. The molecule has 4 heteroatoms. The van der Waals surface area contributed by atoms with Gasteiger partial charge in [0.05, 0.1) is 22.4 Å². The second kappa shape index (κ2) is 14.0. The first-order valence-electron chi connectivity index (χ1n) is 19.3. The van der Waals surface area contributed by atoms with Crippen LogP contribution in [0.25, 0.3) is 83.4 Å². The van der Waals surface area contributed by atoms with Crippen LogP contribution >= 0.6 is 0 Å². The number of benzene rings is 6. The van der Waals surface area contributed by atoms with E-state index in [4.69, 9.17) is 0 Å². The number of rotatable bonds is 7. The lowest BCUT2D eigenvalue weighted by atomic mass is 9.99. The van der Waals surface area contributed by atoms with Crippen LogP contribution in [0.2, 0.25) is 0 Å². The number of dihydropyridines is 1. The summed E-state index contributed by atoms with van der Waals surface area (Å²) in [5.41, 5.74) is 18.9. The van der Waals surface area contributed by atoms with Crippen LogP contribution < -0.4 is 0 Å². The summed E-state index contributed by atoms with van der Waals surface area (Å²) in [7, 11) is 0. The van der Waals surface area contributed by atoms with Gasteiger partial charge in [0, 0.05) is 58.4 Å². The van der Waals surface area contributed by atoms with E-state index in [1.807, 2.05) is 24.7 Å². The number of aromatic nitrogens is 3. The maximum Gasteiger partial charge on any atom is 0.0550 e. The molecule has 0 saturated carbocycles. The van der Waals surface area contributed by atoms with E-state index in [2.05, 4.69) is 191 Å². The van der Waals surface area contributed by atoms with Crippen LogP contribution in [-0.4, -0.2) is 26.9 Å². The summed E-state index contributed by atoms with van der Waals surface area (Å²) in [6, 6.07) is 57.8. The Kier molecular flexibility index (Phi) is 8.37. The molecule has 0 aliphatic carbocycles. The standard InChI is InChI=1S/C52H40N4/c1-35-7-11-39(12-8-35)41-19-25-51-47(31-41)48-32-42(40-13-9-36(2)10-14-40)20-26-52(48)56(51)46-23-17-38(18-24-46)37-15-21-45(22-16-37)55-49(43-5-3-29-53-33-43)27-28-50(55)44-6-4-30-54-34-44/h3,5-29,31-34H,4,30H2,1-2H3. The number of fused-ring (bicyclic) bond motifs is 3. The third-order valence-electron chi connectivity index (χ3n) is 11.1. The SMILES string of the molecule is Cc1ccc(-c2ccc3c(c2)c2cc(-c4ccc(C)cc4)ccc2n3-c2ccc(-c3ccc(-n4c(C5=CCCN=C5)ccc4-c4cccnc4)cc3)cc2)cc1. The molecule has 0 amide bonds. The molecule has 56 heavy (non-hydrogen) atoms. The highest BCUT2D eigenvalue weighted by atomic mass is 15.0. The molecule has 1 aliphatic heterocycles. The molecule has 6 aromatic carbocycles. The van der Waals surface area contributed by atoms with Gasteiger partial charge in [-0.2, -0.15) is 0 Å². The van der Waals surface area contributed by atoms with Crippen molar-refractivity contribution in [1.29, 1.82) is 0 Å². The summed E-state index contributed by atoms with van der Waals surface area (Å²) in [5.74, 6) is 0. The van der Waals surface area contributed by atoms with Gasteiger partial charge in [0.25, 0.3) is 0 Å². The molecule has 10 rings (SSSR count). The highest BCUT2D eigenvalue weighted by Crippen LogP contribution is 2.38. The fraction of sp³-hybridized carbons (Fsp3) is 0.0769. The van der Waals surface area contributed by atoms with Gasteiger partial charge >= 0.3 is 0 Å².